The number of rotatable bonds is 10. The fourth-order valence-corrected chi connectivity index (χ4v) is 5.43. The van der Waals surface area contributed by atoms with Gasteiger partial charge in [0.05, 0.1) is 28.5 Å². The summed E-state index contributed by atoms with van der Waals surface area (Å²) in [6, 6.07) is 18.6. The second kappa shape index (κ2) is 11.2. The fraction of sp³-hybridized carbons (Fsp3) is 0.174. The molecule has 1 amide bonds. The SMILES string of the molecule is COc1ccc(S(=O)(=O)N(CC(=O)NCc2ccc(S(N)(=O)=O)cc2)Cc2ccccc2)cc1Cl. The van der Waals surface area contributed by atoms with Gasteiger partial charge in [-0.1, -0.05) is 54.1 Å². The van der Waals surface area contributed by atoms with E-state index in [4.69, 9.17) is 21.5 Å². The van der Waals surface area contributed by atoms with E-state index in [0.29, 0.717) is 16.9 Å². The zero-order valence-electron chi connectivity index (χ0n) is 18.7. The Labute approximate surface area is 209 Å². The van der Waals surface area contributed by atoms with Crippen molar-refractivity contribution in [3.8, 4) is 5.75 Å². The van der Waals surface area contributed by atoms with Crippen molar-refractivity contribution in [1.82, 2.24) is 9.62 Å². The van der Waals surface area contributed by atoms with Crippen LogP contribution in [0.4, 0.5) is 0 Å². The number of nitrogens with one attached hydrogen (secondary N) is 1. The average Bonchev–Trinajstić information content (AvgIpc) is 2.82. The quantitative estimate of drug-likeness (QED) is 0.408. The van der Waals surface area contributed by atoms with E-state index >= 15 is 0 Å². The highest BCUT2D eigenvalue weighted by Crippen LogP contribution is 2.29. The number of methoxy groups -OCH3 is 1. The smallest absolute Gasteiger partial charge is 0.243 e. The molecule has 0 aliphatic carbocycles. The first-order valence-electron chi connectivity index (χ1n) is 10.3. The first-order valence-corrected chi connectivity index (χ1v) is 13.6. The van der Waals surface area contributed by atoms with Gasteiger partial charge < -0.3 is 10.1 Å². The van der Waals surface area contributed by atoms with Crippen molar-refractivity contribution in [3.05, 3.63) is 88.9 Å². The summed E-state index contributed by atoms with van der Waals surface area (Å²) in [5, 5.41) is 7.87. The van der Waals surface area contributed by atoms with Crippen molar-refractivity contribution in [1.29, 1.82) is 0 Å². The van der Waals surface area contributed by atoms with Crippen LogP contribution in [0.15, 0.2) is 82.6 Å². The number of halogens is 1. The highest BCUT2D eigenvalue weighted by atomic mass is 35.5. The van der Waals surface area contributed by atoms with Crippen LogP contribution < -0.4 is 15.2 Å². The van der Waals surface area contributed by atoms with Crippen molar-refractivity contribution in [2.24, 2.45) is 5.14 Å². The number of benzene rings is 3. The predicted octanol–water partition coefficient (Wildman–Crippen LogP) is 2.50. The Morgan fingerprint density at radius 3 is 2.14 bits per heavy atom. The molecule has 3 N–H and O–H groups in total. The van der Waals surface area contributed by atoms with Crippen LogP contribution in [0.25, 0.3) is 0 Å². The van der Waals surface area contributed by atoms with Gasteiger partial charge in [-0.25, -0.2) is 22.0 Å². The molecule has 186 valence electrons. The summed E-state index contributed by atoms with van der Waals surface area (Å²) in [6.07, 6.45) is 0. The maximum Gasteiger partial charge on any atom is 0.243 e. The summed E-state index contributed by atoms with van der Waals surface area (Å²) in [5.41, 5.74) is 1.31. The second-order valence-corrected chi connectivity index (χ2v) is 11.4. The fourth-order valence-electron chi connectivity index (χ4n) is 3.18. The summed E-state index contributed by atoms with van der Waals surface area (Å²) in [4.78, 5) is 12.6. The summed E-state index contributed by atoms with van der Waals surface area (Å²) < 4.78 is 55.7. The van der Waals surface area contributed by atoms with Gasteiger partial charge in [-0.05, 0) is 41.5 Å². The van der Waals surface area contributed by atoms with Crippen LogP contribution in [0.1, 0.15) is 11.1 Å². The molecule has 9 nitrogen and oxygen atoms in total. The molecule has 0 bridgehead atoms. The molecule has 0 saturated heterocycles. The van der Waals surface area contributed by atoms with Gasteiger partial charge >= 0.3 is 0 Å². The lowest BCUT2D eigenvalue weighted by atomic mass is 10.2. The number of amides is 1. The third kappa shape index (κ3) is 7.03. The van der Waals surface area contributed by atoms with E-state index in [2.05, 4.69) is 5.32 Å². The first-order chi connectivity index (χ1) is 16.5. The molecule has 0 aliphatic rings. The van der Waals surface area contributed by atoms with E-state index in [9.17, 15) is 21.6 Å². The minimum atomic E-state index is -4.09. The van der Waals surface area contributed by atoms with E-state index in [1.807, 2.05) is 0 Å². The lowest BCUT2D eigenvalue weighted by Gasteiger charge is -2.22. The van der Waals surface area contributed by atoms with Crippen LogP contribution in [0.5, 0.6) is 5.75 Å². The largest absolute Gasteiger partial charge is 0.495 e. The highest BCUT2D eigenvalue weighted by Gasteiger charge is 2.27. The Morgan fingerprint density at radius 1 is 0.943 bits per heavy atom. The molecule has 35 heavy (non-hydrogen) atoms. The first kappa shape index (κ1) is 26.6. The van der Waals surface area contributed by atoms with Crippen LogP contribution in [-0.2, 0) is 37.9 Å². The topological polar surface area (TPSA) is 136 Å². The Hall–Kier alpha value is -2.96. The zero-order chi connectivity index (χ0) is 25.6. The van der Waals surface area contributed by atoms with Gasteiger partial charge in [0, 0.05) is 13.1 Å². The average molecular weight is 538 g/mol. The zero-order valence-corrected chi connectivity index (χ0v) is 21.1. The van der Waals surface area contributed by atoms with Gasteiger partial charge in [-0.15, -0.1) is 0 Å². The Bertz CT molecular complexity index is 1400. The van der Waals surface area contributed by atoms with Crippen LogP contribution in [-0.4, -0.2) is 40.7 Å². The molecular weight excluding hydrogens is 514 g/mol. The molecule has 0 unspecified atom stereocenters. The molecule has 3 aromatic rings. The lowest BCUT2D eigenvalue weighted by Crippen LogP contribution is -2.40. The van der Waals surface area contributed by atoms with E-state index in [1.54, 1.807) is 30.3 Å². The molecule has 0 saturated carbocycles. The van der Waals surface area contributed by atoms with Gasteiger partial charge in [-0.3, -0.25) is 4.79 Å². The molecule has 0 heterocycles. The van der Waals surface area contributed by atoms with E-state index in [1.165, 1.54) is 49.6 Å². The summed E-state index contributed by atoms with van der Waals surface area (Å²) in [7, 11) is -6.50. The molecule has 3 rings (SSSR count). The minimum Gasteiger partial charge on any atom is -0.495 e. The lowest BCUT2D eigenvalue weighted by molar-refractivity contribution is -0.121. The molecule has 3 aromatic carbocycles. The van der Waals surface area contributed by atoms with Crippen molar-refractivity contribution < 1.29 is 26.4 Å². The van der Waals surface area contributed by atoms with Gasteiger partial charge in [-0.2, -0.15) is 4.31 Å². The van der Waals surface area contributed by atoms with Gasteiger partial charge in [0.2, 0.25) is 26.0 Å². The van der Waals surface area contributed by atoms with Crippen molar-refractivity contribution in [2.45, 2.75) is 22.9 Å². The summed E-state index contributed by atoms with van der Waals surface area (Å²) in [6.45, 7) is -0.420. The van der Waals surface area contributed by atoms with E-state index in [-0.39, 0.29) is 27.9 Å². The molecule has 12 heteroatoms. The summed E-state index contributed by atoms with van der Waals surface area (Å²) in [5.74, 6) is -0.217. The molecule has 0 aliphatic heterocycles. The number of primary sulfonamides is 1. The predicted molar refractivity (Wildman–Crippen MR) is 132 cm³/mol. The van der Waals surface area contributed by atoms with Crippen LogP contribution in [0.2, 0.25) is 5.02 Å². The number of nitrogens with two attached hydrogens (primary N) is 1. The van der Waals surface area contributed by atoms with Crippen LogP contribution >= 0.6 is 11.6 Å². The third-order valence-electron chi connectivity index (χ3n) is 5.02. The minimum absolute atomic E-state index is 0.0384. The summed E-state index contributed by atoms with van der Waals surface area (Å²) >= 11 is 6.13. The van der Waals surface area contributed by atoms with Crippen molar-refractivity contribution >= 4 is 37.6 Å². The normalized spacial score (nSPS) is 11.9. The van der Waals surface area contributed by atoms with Gasteiger partial charge in [0.25, 0.3) is 0 Å². The molecule has 0 aromatic heterocycles. The monoisotopic (exact) mass is 537 g/mol. The Morgan fingerprint density at radius 2 is 1.57 bits per heavy atom. The third-order valence-corrected chi connectivity index (χ3v) is 8.04. The highest BCUT2D eigenvalue weighted by molar-refractivity contribution is 7.89. The van der Waals surface area contributed by atoms with E-state index in [0.717, 1.165) is 4.31 Å². The second-order valence-electron chi connectivity index (χ2n) is 7.52. The number of hydrogen-bond acceptors (Lipinski definition) is 6. The maximum absolute atomic E-state index is 13.4. The Kier molecular flexibility index (Phi) is 8.51. The molecule has 0 fully saturated rings. The van der Waals surface area contributed by atoms with E-state index < -0.39 is 32.5 Å². The number of carbonyl (C=O) groups is 1. The molecule has 0 atom stereocenters. The van der Waals surface area contributed by atoms with Crippen LogP contribution in [0.3, 0.4) is 0 Å². The molecule has 0 spiro atoms. The molecule has 0 radical (unpaired) electrons. The maximum atomic E-state index is 13.4. The number of ether oxygens (including phenoxy) is 1. The van der Waals surface area contributed by atoms with Crippen LogP contribution in [0, 0.1) is 0 Å². The van der Waals surface area contributed by atoms with Gasteiger partial charge in [0.15, 0.2) is 0 Å². The van der Waals surface area contributed by atoms with Crippen molar-refractivity contribution in [3.63, 3.8) is 0 Å². The standard InChI is InChI=1S/C23H24ClN3O6S2/c1-33-22-12-11-20(13-21(22)24)35(31,32)27(15-18-5-3-2-4-6-18)16-23(28)26-14-17-7-9-19(10-8-17)34(25,29)30/h2-13H,14-16H2,1H3,(H,26,28)(H2,25,29,30). The number of carbonyl (C=O) groups excluding carboxylic acids is 1. The number of nitrogens with zero attached hydrogens (tertiary/aromatic N) is 1. The number of hydrogen-bond donors (Lipinski definition) is 2. The molecular formula is C23H24ClN3O6S2. The van der Waals surface area contributed by atoms with Crippen molar-refractivity contribution in [2.75, 3.05) is 13.7 Å². The Balaban J connectivity index is 1.79. The van der Waals surface area contributed by atoms with Gasteiger partial charge in [0.1, 0.15) is 5.75 Å². The number of sulfonamides is 2.